The van der Waals surface area contributed by atoms with Crippen molar-refractivity contribution in [2.24, 2.45) is 9.98 Å². The molecule has 2 heterocycles. The minimum absolute atomic E-state index is 0.380. The van der Waals surface area contributed by atoms with Gasteiger partial charge in [0.1, 0.15) is 23.2 Å². The van der Waals surface area contributed by atoms with E-state index in [1.54, 1.807) is 0 Å². The molecular formula is C69H43N3O. The highest BCUT2D eigenvalue weighted by molar-refractivity contribution is 6.17. The Kier molecular flexibility index (Phi) is 8.33. The first kappa shape index (κ1) is 40.4. The fourth-order valence-electron chi connectivity index (χ4n) is 13.5. The molecule has 0 saturated carbocycles. The quantitative estimate of drug-likeness (QED) is 0.191. The van der Waals surface area contributed by atoms with Crippen LogP contribution in [0.1, 0.15) is 67.4 Å². The summed E-state index contributed by atoms with van der Waals surface area (Å²) in [4.78, 5) is 10.5. The lowest BCUT2D eigenvalue weighted by Crippen LogP contribution is -2.43. The van der Waals surface area contributed by atoms with Crippen LogP contribution in [0, 0.1) is 0 Å². The molecule has 11 aromatic carbocycles. The van der Waals surface area contributed by atoms with Gasteiger partial charge in [-0.2, -0.15) is 0 Å². The maximum absolute atomic E-state index is 6.74. The Labute approximate surface area is 422 Å². The van der Waals surface area contributed by atoms with Crippen LogP contribution in [-0.4, -0.2) is 11.7 Å². The number of amidine groups is 2. The largest absolute Gasteiger partial charge is 0.456 e. The van der Waals surface area contributed by atoms with E-state index in [9.17, 15) is 0 Å². The number of rotatable bonds is 4. The Balaban J connectivity index is 0.908. The molecule has 73 heavy (non-hydrogen) atoms. The lowest BCUT2D eigenvalue weighted by atomic mass is 9.52. The van der Waals surface area contributed by atoms with Crippen molar-refractivity contribution in [3.8, 4) is 33.4 Å². The van der Waals surface area contributed by atoms with Gasteiger partial charge >= 0.3 is 0 Å². The Hall–Kier alpha value is -9.38. The zero-order chi connectivity index (χ0) is 47.8. The maximum atomic E-state index is 6.74. The van der Waals surface area contributed by atoms with Crippen LogP contribution in [0.5, 0.6) is 0 Å². The minimum atomic E-state index is -0.644. The second-order valence-corrected chi connectivity index (χ2v) is 19.9. The van der Waals surface area contributed by atoms with Crippen LogP contribution >= 0.6 is 0 Å². The van der Waals surface area contributed by atoms with Crippen LogP contribution in [0.15, 0.2) is 263 Å². The summed E-state index contributed by atoms with van der Waals surface area (Å²) < 4.78 is 6.74. The van der Waals surface area contributed by atoms with Gasteiger partial charge in [-0.1, -0.05) is 218 Å². The predicted molar refractivity (Wildman–Crippen MR) is 297 cm³/mol. The molecule has 4 heteroatoms. The summed E-state index contributed by atoms with van der Waals surface area (Å²) in [5, 5.41) is 8.35. The third-order valence-corrected chi connectivity index (χ3v) is 16.4. The first-order valence-corrected chi connectivity index (χ1v) is 25.2. The normalized spacial score (nSPS) is 16.0. The number of hydrogen-bond donors (Lipinski definition) is 1. The van der Waals surface area contributed by atoms with E-state index >= 15 is 0 Å². The average molecular weight is 930 g/mol. The van der Waals surface area contributed by atoms with E-state index in [0.717, 1.165) is 61.0 Å². The average Bonchev–Trinajstić information content (AvgIpc) is 4.20. The monoisotopic (exact) mass is 929 g/mol. The maximum Gasteiger partial charge on any atom is 0.159 e. The van der Waals surface area contributed by atoms with Gasteiger partial charge in [0.25, 0.3) is 0 Å². The lowest BCUT2D eigenvalue weighted by molar-refractivity contribution is 0.633. The smallest absolute Gasteiger partial charge is 0.159 e. The molecule has 4 aliphatic rings. The molecule has 1 N–H and O–H groups in total. The number of para-hydroxylation sites is 1. The summed E-state index contributed by atoms with van der Waals surface area (Å²) in [6.45, 7) is 0. The van der Waals surface area contributed by atoms with Crippen LogP contribution in [0.2, 0.25) is 0 Å². The molecule has 0 saturated heterocycles. The number of furan rings is 1. The molecule has 0 radical (unpaired) electrons. The van der Waals surface area contributed by atoms with Gasteiger partial charge in [0, 0.05) is 21.9 Å². The zero-order valence-corrected chi connectivity index (χ0v) is 39.6. The first-order chi connectivity index (χ1) is 36.2. The summed E-state index contributed by atoms with van der Waals surface area (Å²) in [6.07, 6.45) is -0.380. The Morgan fingerprint density at radius 2 is 0.877 bits per heavy atom. The van der Waals surface area contributed by atoms with E-state index in [-0.39, 0.29) is 6.17 Å². The van der Waals surface area contributed by atoms with Crippen LogP contribution in [0.4, 0.5) is 0 Å². The molecule has 0 bridgehead atoms. The molecule has 1 aliphatic heterocycles. The number of nitrogens with one attached hydrogen (secondary N) is 1. The number of nitrogens with zero attached hydrogens (tertiary/aromatic N) is 2. The Bertz CT molecular complexity index is 4280. The van der Waals surface area contributed by atoms with Crippen molar-refractivity contribution in [3.63, 3.8) is 0 Å². The van der Waals surface area contributed by atoms with E-state index in [1.165, 1.54) is 72.1 Å². The standard InChI is InChI=1S/C69H43N3O/c1-2-19-43(20-3-1)65-70-66(72-67(71-65)51-28-17-21-42-18-4-5-24-47(42)51)46-23-16-22-44(38-46)45-36-37-57-52(39-45)53-41-64-54(50-27-8-15-35-63(50)73-64)40-62(53)69(57)60-33-13-11-31-58(60)68(59-32-12-14-34-61(59)69)55-29-9-6-25-48(55)49-26-7-10-30-56(49)68/h1-41,66H,(H,70,71,72). The molecule has 1 atom stereocenters. The lowest BCUT2D eigenvalue weighted by Gasteiger charge is -2.48. The third kappa shape index (κ3) is 5.44. The molecular weight excluding hydrogens is 887 g/mol. The summed E-state index contributed by atoms with van der Waals surface area (Å²) >= 11 is 0. The molecule has 16 rings (SSSR count). The van der Waals surface area contributed by atoms with Crippen molar-refractivity contribution in [3.05, 3.63) is 310 Å². The third-order valence-electron chi connectivity index (χ3n) is 16.4. The van der Waals surface area contributed by atoms with Crippen molar-refractivity contribution in [2.45, 2.75) is 17.0 Å². The molecule has 12 aromatic rings. The van der Waals surface area contributed by atoms with Gasteiger partial charge in [-0.15, -0.1) is 0 Å². The van der Waals surface area contributed by atoms with Crippen LogP contribution in [0.25, 0.3) is 66.1 Å². The Morgan fingerprint density at radius 3 is 1.62 bits per heavy atom. The summed E-state index contributed by atoms with van der Waals surface area (Å²) in [6, 6.07) is 91.4. The summed E-state index contributed by atoms with van der Waals surface area (Å²) in [7, 11) is 0. The Morgan fingerprint density at radius 1 is 0.342 bits per heavy atom. The van der Waals surface area contributed by atoms with Gasteiger partial charge < -0.3 is 9.73 Å². The zero-order valence-electron chi connectivity index (χ0n) is 39.6. The molecule has 1 aromatic heterocycles. The number of fused-ring (bicyclic) bond motifs is 20. The van der Waals surface area contributed by atoms with Gasteiger partial charge in [0.05, 0.1) is 10.8 Å². The summed E-state index contributed by atoms with van der Waals surface area (Å²) in [5.41, 5.74) is 21.4. The number of hydrogen-bond acceptors (Lipinski definition) is 4. The fraction of sp³-hybridized carbons (Fsp3) is 0.0435. The second-order valence-electron chi connectivity index (χ2n) is 19.9. The molecule has 1 unspecified atom stereocenters. The number of aliphatic imine (C=N–C) groups is 2. The molecule has 2 spiro atoms. The van der Waals surface area contributed by atoms with Crippen molar-refractivity contribution < 1.29 is 4.42 Å². The van der Waals surface area contributed by atoms with Crippen molar-refractivity contribution in [1.29, 1.82) is 0 Å². The highest BCUT2D eigenvalue weighted by atomic mass is 16.3. The SMILES string of the molecule is c1ccc(C2=NC(c3cccc(-c4ccc5c(c4)-c4cc6oc7ccccc7c6cc4C54c5ccccc5C5(c6ccccc6-c6ccccc65)c5ccccc54)c3)NC(c3cccc4ccccc34)=N2)cc1. The first-order valence-electron chi connectivity index (χ1n) is 25.2. The molecule has 340 valence electrons. The molecule has 0 fully saturated rings. The van der Waals surface area contributed by atoms with Crippen molar-refractivity contribution in [1.82, 2.24) is 5.32 Å². The summed E-state index contributed by atoms with van der Waals surface area (Å²) in [5.74, 6) is 1.50. The van der Waals surface area contributed by atoms with Crippen LogP contribution in [0.3, 0.4) is 0 Å². The topological polar surface area (TPSA) is 49.9 Å². The second kappa shape index (κ2) is 15.1. The molecule has 3 aliphatic carbocycles. The van der Waals surface area contributed by atoms with Gasteiger partial charge in [-0.25, -0.2) is 9.98 Å². The van der Waals surface area contributed by atoms with E-state index in [1.807, 2.05) is 18.2 Å². The van der Waals surface area contributed by atoms with E-state index in [2.05, 4.69) is 236 Å². The molecule has 4 nitrogen and oxygen atoms in total. The van der Waals surface area contributed by atoms with Crippen LogP contribution < -0.4 is 5.32 Å². The van der Waals surface area contributed by atoms with E-state index in [4.69, 9.17) is 14.4 Å². The van der Waals surface area contributed by atoms with E-state index < -0.39 is 10.8 Å². The van der Waals surface area contributed by atoms with Crippen molar-refractivity contribution in [2.75, 3.05) is 0 Å². The fourth-order valence-corrected chi connectivity index (χ4v) is 13.5. The minimum Gasteiger partial charge on any atom is -0.456 e. The van der Waals surface area contributed by atoms with Gasteiger partial charge in [-0.05, 0) is 125 Å². The highest BCUT2D eigenvalue weighted by Crippen LogP contribution is 2.68. The highest BCUT2D eigenvalue weighted by Gasteiger charge is 2.59. The van der Waals surface area contributed by atoms with Crippen LogP contribution in [-0.2, 0) is 10.8 Å². The number of benzene rings is 11. The van der Waals surface area contributed by atoms with Gasteiger partial charge in [0.2, 0.25) is 0 Å². The molecule has 0 amide bonds. The predicted octanol–water partition coefficient (Wildman–Crippen LogP) is 15.9. The van der Waals surface area contributed by atoms with Gasteiger partial charge in [-0.3, -0.25) is 0 Å². The van der Waals surface area contributed by atoms with Crippen molar-refractivity contribution >= 4 is 44.4 Å². The van der Waals surface area contributed by atoms with E-state index in [0.29, 0.717) is 5.84 Å². The van der Waals surface area contributed by atoms with Gasteiger partial charge in [0.15, 0.2) is 5.84 Å².